The first-order valence-corrected chi connectivity index (χ1v) is 11.4. The number of aliphatic hydroxyl groups excluding tert-OH is 1. The number of nitrogens with zero attached hydrogens (tertiary/aromatic N) is 2. The monoisotopic (exact) mass is 442 g/mol. The van der Waals surface area contributed by atoms with Gasteiger partial charge in [-0.1, -0.05) is 0 Å². The quantitative estimate of drug-likeness (QED) is 0.707. The second kappa shape index (κ2) is 9.61. The normalized spacial score (nSPS) is 28.1. The molecule has 2 fully saturated rings. The fraction of sp³-hybridized carbons (Fsp3) is 0.650. The smallest absolute Gasteiger partial charge is 0.243 e. The number of amides is 1. The van der Waals surface area contributed by atoms with Crippen molar-refractivity contribution >= 4 is 15.9 Å². The highest BCUT2D eigenvalue weighted by Gasteiger charge is 2.43. The third-order valence-corrected chi connectivity index (χ3v) is 7.41. The molecule has 30 heavy (non-hydrogen) atoms. The molecule has 168 valence electrons. The van der Waals surface area contributed by atoms with Crippen molar-refractivity contribution in [2.75, 3.05) is 41.0 Å². The Morgan fingerprint density at radius 2 is 1.93 bits per heavy atom. The molecule has 0 aliphatic carbocycles. The lowest BCUT2D eigenvalue weighted by atomic mass is 9.96. The van der Waals surface area contributed by atoms with Crippen LogP contribution in [0, 0.1) is 0 Å². The fourth-order valence-corrected chi connectivity index (χ4v) is 5.55. The van der Waals surface area contributed by atoms with Crippen molar-refractivity contribution in [3.05, 3.63) is 24.3 Å². The van der Waals surface area contributed by atoms with Gasteiger partial charge in [0.15, 0.2) is 0 Å². The molecule has 0 aromatic heterocycles. The van der Waals surface area contributed by atoms with Gasteiger partial charge in [0, 0.05) is 20.6 Å². The highest BCUT2D eigenvalue weighted by Crippen LogP contribution is 2.32. The van der Waals surface area contributed by atoms with Gasteiger partial charge in [0.2, 0.25) is 15.9 Å². The van der Waals surface area contributed by atoms with Crippen LogP contribution in [0.4, 0.5) is 0 Å². The number of hydrogen-bond donors (Lipinski definition) is 1. The van der Waals surface area contributed by atoms with E-state index < -0.39 is 28.3 Å². The van der Waals surface area contributed by atoms with Gasteiger partial charge in [0.1, 0.15) is 5.75 Å². The molecule has 0 saturated carbocycles. The summed E-state index contributed by atoms with van der Waals surface area (Å²) >= 11 is 0. The number of carbonyl (C=O) groups excluding carboxylic acids is 1. The molecule has 2 heterocycles. The van der Waals surface area contributed by atoms with Gasteiger partial charge in [-0.2, -0.15) is 4.31 Å². The van der Waals surface area contributed by atoms with E-state index in [0.29, 0.717) is 18.6 Å². The SMILES string of the molecule is COc1ccc(S(=O)(=O)N2C[C@H](O)COC[C@H]3O[C@@H](CC(=O)N(C)C)CC[C@@H]32)cc1. The highest BCUT2D eigenvalue weighted by atomic mass is 32.2. The predicted octanol–water partition coefficient (Wildman–Crippen LogP) is 0.472. The summed E-state index contributed by atoms with van der Waals surface area (Å²) in [4.78, 5) is 13.7. The molecule has 0 spiro atoms. The van der Waals surface area contributed by atoms with E-state index in [1.165, 1.54) is 28.4 Å². The molecule has 1 N–H and O–H groups in total. The zero-order valence-corrected chi connectivity index (χ0v) is 18.4. The number of methoxy groups -OCH3 is 1. The van der Waals surface area contributed by atoms with Gasteiger partial charge < -0.3 is 24.2 Å². The largest absolute Gasteiger partial charge is 0.497 e. The Labute approximate surface area is 177 Å². The molecular formula is C20H30N2O7S. The minimum atomic E-state index is -3.88. The van der Waals surface area contributed by atoms with Crippen LogP contribution in [0.15, 0.2) is 29.2 Å². The Bertz CT molecular complexity index is 828. The predicted molar refractivity (Wildman–Crippen MR) is 109 cm³/mol. The first-order chi connectivity index (χ1) is 14.2. The lowest BCUT2D eigenvalue weighted by Gasteiger charge is -2.43. The van der Waals surface area contributed by atoms with Gasteiger partial charge in [-0.15, -0.1) is 0 Å². The molecule has 1 amide bonds. The van der Waals surface area contributed by atoms with Crippen LogP contribution in [0.5, 0.6) is 5.75 Å². The lowest BCUT2D eigenvalue weighted by Crippen LogP contribution is -2.57. The standard InChI is InChI=1S/C20H30N2O7S/c1-21(2)20(24)10-16-6-9-18-19(29-16)13-28-12-14(23)11-22(18)30(25,26)17-7-4-15(27-3)5-8-17/h4-5,7-8,14,16,18-19,23H,6,9-13H2,1-3H3/t14-,16+,18-,19+/m0/s1. The molecule has 2 aliphatic rings. The average Bonchev–Trinajstić information content (AvgIpc) is 2.71. The molecular weight excluding hydrogens is 412 g/mol. The molecule has 1 aromatic rings. The van der Waals surface area contributed by atoms with Crippen molar-refractivity contribution in [3.63, 3.8) is 0 Å². The molecule has 3 rings (SSSR count). The van der Waals surface area contributed by atoms with Crippen molar-refractivity contribution < 1.29 is 32.5 Å². The number of ether oxygens (including phenoxy) is 3. The van der Waals surface area contributed by atoms with Crippen molar-refractivity contribution in [2.45, 2.75) is 48.5 Å². The van der Waals surface area contributed by atoms with Crippen LogP contribution in [0.2, 0.25) is 0 Å². The molecule has 2 aliphatic heterocycles. The average molecular weight is 443 g/mol. The number of benzene rings is 1. The minimum absolute atomic E-state index is 0.0164. The van der Waals surface area contributed by atoms with Gasteiger partial charge in [-0.25, -0.2) is 8.42 Å². The number of sulfonamides is 1. The van der Waals surface area contributed by atoms with Gasteiger partial charge in [0.05, 0.1) is 56.0 Å². The van der Waals surface area contributed by atoms with E-state index >= 15 is 0 Å². The minimum Gasteiger partial charge on any atom is -0.497 e. The second-order valence-corrected chi connectivity index (χ2v) is 9.77. The molecule has 0 bridgehead atoms. The lowest BCUT2D eigenvalue weighted by molar-refractivity contribution is -0.150. The fourth-order valence-electron chi connectivity index (χ4n) is 3.83. The maximum absolute atomic E-state index is 13.4. The number of fused-ring (bicyclic) bond motifs is 1. The van der Waals surface area contributed by atoms with Crippen LogP contribution in [0.25, 0.3) is 0 Å². The molecule has 9 nitrogen and oxygen atoms in total. The summed E-state index contributed by atoms with van der Waals surface area (Å²) in [6.45, 7) is 0.0890. The maximum Gasteiger partial charge on any atom is 0.243 e. The summed E-state index contributed by atoms with van der Waals surface area (Å²) in [6.07, 6.45) is -0.442. The van der Waals surface area contributed by atoms with Crippen molar-refractivity contribution in [3.8, 4) is 5.75 Å². The first-order valence-electron chi connectivity index (χ1n) is 9.99. The second-order valence-electron chi connectivity index (χ2n) is 7.88. The van der Waals surface area contributed by atoms with Crippen LogP contribution in [0.1, 0.15) is 19.3 Å². The summed E-state index contributed by atoms with van der Waals surface area (Å²) < 4.78 is 44.9. The van der Waals surface area contributed by atoms with E-state index in [9.17, 15) is 18.3 Å². The highest BCUT2D eigenvalue weighted by molar-refractivity contribution is 7.89. The van der Waals surface area contributed by atoms with E-state index in [4.69, 9.17) is 14.2 Å². The Balaban J connectivity index is 1.84. The zero-order chi connectivity index (χ0) is 21.9. The third kappa shape index (κ3) is 5.12. The first kappa shape index (κ1) is 23.0. The van der Waals surface area contributed by atoms with Crippen LogP contribution in [-0.2, 0) is 24.3 Å². The molecule has 1 aromatic carbocycles. The third-order valence-electron chi connectivity index (χ3n) is 5.50. The van der Waals surface area contributed by atoms with Crippen LogP contribution in [-0.4, -0.2) is 94.0 Å². The van der Waals surface area contributed by atoms with Crippen LogP contribution >= 0.6 is 0 Å². The number of rotatable bonds is 5. The van der Waals surface area contributed by atoms with E-state index in [1.54, 1.807) is 26.2 Å². The molecule has 2 saturated heterocycles. The number of hydrogen-bond acceptors (Lipinski definition) is 7. The van der Waals surface area contributed by atoms with E-state index in [2.05, 4.69) is 0 Å². The maximum atomic E-state index is 13.4. The summed E-state index contributed by atoms with van der Waals surface area (Å²) in [5.74, 6) is 0.519. The van der Waals surface area contributed by atoms with Gasteiger partial charge in [-0.3, -0.25) is 4.79 Å². The summed E-state index contributed by atoms with van der Waals surface area (Å²) in [5, 5.41) is 10.3. The van der Waals surface area contributed by atoms with Crippen LogP contribution in [0.3, 0.4) is 0 Å². The molecule has 0 unspecified atom stereocenters. The molecule has 0 radical (unpaired) electrons. The van der Waals surface area contributed by atoms with Gasteiger partial charge in [0.25, 0.3) is 0 Å². The van der Waals surface area contributed by atoms with Gasteiger partial charge >= 0.3 is 0 Å². The van der Waals surface area contributed by atoms with Crippen molar-refractivity contribution in [1.82, 2.24) is 9.21 Å². The molecule has 10 heteroatoms. The van der Waals surface area contributed by atoms with E-state index in [0.717, 1.165) is 0 Å². The number of β-amino-alcohol motifs (C(OH)–C–C–N with tert-alkyl or cyclic N) is 1. The number of aliphatic hydroxyl groups is 1. The summed E-state index contributed by atoms with van der Waals surface area (Å²) in [7, 11) is 1.02. The Kier molecular flexibility index (Phi) is 7.35. The Morgan fingerprint density at radius 1 is 1.23 bits per heavy atom. The zero-order valence-electron chi connectivity index (χ0n) is 17.6. The van der Waals surface area contributed by atoms with E-state index in [-0.39, 0.29) is 43.1 Å². The van der Waals surface area contributed by atoms with E-state index in [1.807, 2.05) is 0 Å². The topological polar surface area (TPSA) is 106 Å². The van der Waals surface area contributed by atoms with Crippen molar-refractivity contribution in [2.24, 2.45) is 0 Å². The number of carbonyl (C=O) groups is 1. The van der Waals surface area contributed by atoms with Crippen LogP contribution < -0.4 is 4.74 Å². The summed E-state index contributed by atoms with van der Waals surface area (Å²) in [5.41, 5.74) is 0. The Hall–Kier alpha value is -1.72. The van der Waals surface area contributed by atoms with Crippen molar-refractivity contribution in [1.29, 1.82) is 0 Å². The van der Waals surface area contributed by atoms with Gasteiger partial charge in [-0.05, 0) is 37.1 Å². The Morgan fingerprint density at radius 3 is 2.57 bits per heavy atom. The molecule has 4 atom stereocenters. The summed E-state index contributed by atoms with van der Waals surface area (Å²) in [6, 6.07) is 5.68.